The lowest BCUT2D eigenvalue weighted by molar-refractivity contribution is 0.245. The molecule has 0 atom stereocenters. The minimum absolute atomic E-state index is 0.580. The molecule has 0 aliphatic rings. The van der Waals surface area contributed by atoms with E-state index in [-0.39, 0.29) is 0 Å². The van der Waals surface area contributed by atoms with Gasteiger partial charge in [-0.2, -0.15) is 0 Å². The third kappa shape index (κ3) is 3.82. The minimum Gasteiger partial charge on any atom is -0.555 e. The second-order valence-corrected chi connectivity index (χ2v) is 3.85. The molecule has 0 saturated carbocycles. The standard InChI is InChI=1S/C14H16N3O/c1-18-10-8-12-6-4-7-14(17-12)16-11-13-5-2-3-9-15-13/h2-7,9H,1,8,10-11H2,(H,16,17)/q-1. The molecule has 0 aliphatic heterocycles. The van der Waals surface area contributed by atoms with Gasteiger partial charge in [-0.15, -0.1) is 0 Å². The van der Waals surface area contributed by atoms with Crippen molar-refractivity contribution in [3.8, 4) is 0 Å². The van der Waals surface area contributed by atoms with E-state index < -0.39 is 0 Å². The predicted octanol–water partition coefficient (Wildman–Crippen LogP) is 2.44. The Balaban J connectivity index is 1.93. The normalized spacial score (nSPS) is 10.3. The van der Waals surface area contributed by atoms with Gasteiger partial charge in [0.25, 0.3) is 0 Å². The molecule has 2 rings (SSSR count). The molecule has 0 radical (unpaired) electrons. The zero-order valence-corrected chi connectivity index (χ0v) is 10.2. The van der Waals surface area contributed by atoms with Gasteiger partial charge in [-0.3, -0.25) is 4.98 Å². The van der Waals surface area contributed by atoms with Crippen LogP contribution in [0.4, 0.5) is 5.82 Å². The smallest absolute Gasteiger partial charge is 0.126 e. The van der Waals surface area contributed by atoms with Crippen LogP contribution in [0, 0.1) is 7.11 Å². The summed E-state index contributed by atoms with van der Waals surface area (Å²) in [7, 11) is 3.35. The van der Waals surface area contributed by atoms with E-state index in [0.29, 0.717) is 13.2 Å². The van der Waals surface area contributed by atoms with Crippen molar-refractivity contribution in [2.24, 2.45) is 0 Å². The van der Waals surface area contributed by atoms with E-state index in [4.69, 9.17) is 4.74 Å². The van der Waals surface area contributed by atoms with E-state index in [9.17, 15) is 0 Å². The molecule has 2 aromatic heterocycles. The van der Waals surface area contributed by atoms with Crippen molar-refractivity contribution in [2.75, 3.05) is 11.9 Å². The average Bonchev–Trinajstić information content (AvgIpc) is 2.44. The molecule has 1 N–H and O–H groups in total. The Kier molecular flexibility index (Phi) is 4.67. The van der Waals surface area contributed by atoms with Crippen LogP contribution in [0.3, 0.4) is 0 Å². The van der Waals surface area contributed by atoms with Crippen LogP contribution in [0.25, 0.3) is 0 Å². The molecule has 2 heterocycles. The van der Waals surface area contributed by atoms with Crippen LogP contribution in [0.5, 0.6) is 0 Å². The van der Waals surface area contributed by atoms with Gasteiger partial charge in [0.1, 0.15) is 5.82 Å². The van der Waals surface area contributed by atoms with Crippen molar-refractivity contribution < 1.29 is 4.74 Å². The summed E-state index contributed by atoms with van der Waals surface area (Å²) in [5.74, 6) is 0.849. The highest BCUT2D eigenvalue weighted by Crippen LogP contribution is 2.07. The first kappa shape index (κ1) is 12.5. The molecule has 2 aromatic rings. The van der Waals surface area contributed by atoms with Crippen molar-refractivity contribution in [2.45, 2.75) is 13.0 Å². The van der Waals surface area contributed by atoms with Gasteiger partial charge >= 0.3 is 0 Å². The summed E-state index contributed by atoms with van der Waals surface area (Å²) < 4.78 is 4.79. The lowest BCUT2D eigenvalue weighted by Gasteiger charge is -2.08. The van der Waals surface area contributed by atoms with Crippen LogP contribution in [0.1, 0.15) is 11.4 Å². The number of anilines is 1. The van der Waals surface area contributed by atoms with Crippen LogP contribution in [0.15, 0.2) is 42.6 Å². The molecule has 0 spiro atoms. The van der Waals surface area contributed by atoms with Crippen molar-refractivity contribution in [3.05, 3.63) is 61.1 Å². The molecule has 0 bridgehead atoms. The number of nitrogens with one attached hydrogen (secondary N) is 1. The molecule has 0 aromatic carbocycles. The van der Waals surface area contributed by atoms with Gasteiger partial charge in [0.2, 0.25) is 0 Å². The topological polar surface area (TPSA) is 47.0 Å². The first-order chi connectivity index (χ1) is 8.88. The number of nitrogens with zero attached hydrogens (tertiary/aromatic N) is 2. The van der Waals surface area contributed by atoms with Gasteiger partial charge in [-0.05, 0) is 24.3 Å². The average molecular weight is 242 g/mol. The number of hydrogen-bond acceptors (Lipinski definition) is 4. The van der Waals surface area contributed by atoms with Crippen LogP contribution in [-0.4, -0.2) is 16.6 Å². The minimum atomic E-state index is 0.580. The highest BCUT2D eigenvalue weighted by atomic mass is 16.5. The summed E-state index contributed by atoms with van der Waals surface area (Å²) in [6.45, 7) is 1.25. The summed E-state index contributed by atoms with van der Waals surface area (Å²) in [6, 6.07) is 11.8. The maximum absolute atomic E-state index is 4.79. The lowest BCUT2D eigenvalue weighted by Crippen LogP contribution is -2.04. The first-order valence-corrected chi connectivity index (χ1v) is 5.85. The van der Waals surface area contributed by atoms with Gasteiger partial charge in [-0.25, -0.2) is 12.1 Å². The molecule has 4 nitrogen and oxygen atoms in total. The third-order valence-corrected chi connectivity index (χ3v) is 2.49. The number of ether oxygens (including phenoxy) is 1. The second kappa shape index (κ2) is 6.71. The summed E-state index contributed by atoms with van der Waals surface area (Å²) in [5, 5.41) is 3.25. The summed E-state index contributed by atoms with van der Waals surface area (Å²) in [6.07, 6.45) is 2.55. The molecular formula is C14H16N3O-. The van der Waals surface area contributed by atoms with Gasteiger partial charge in [0, 0.05) is 24.9 Å². The van der Waals surface area contributed by atoms with Crippen LogP contribution < -0.4 is 5.32 Å². The Labute approximate surface area is 107 Å². The van der Waals surface area contributed by atoms with Crippen molar-refractivity contribution in [3.63, 3.8) is 0 Å². The predicted molar refractivity (Wildman–Crippen MR) is 70.8 cm³/mol. The molecule has 0 aliphatic carbocycles. The zero-order chi connectivity index (χ0) is 12.6. The van der Waals surface area contributed by atoms with E-state index in [2.05, 4.69) is 22.4 Å². The van der Waals surface area contributed by atoms with Crippen molar-refractivity contribution in [1.82, 2.24) is 9.97 Å². The Morgan fingerprint density at radius 3 is 2.78 bits per heavy atom. The fraction of sp³-hybridized carbons (Fsp3) is 0.214. The molecule has 0 amide bonds. The molecule has 0 saturated heterocycles. The summed E-state index contributed by atoms with van der Waals surface area (Å²) >= 11 is 0. The van der Waals surface area contributed by atoms with Gasteiger partial charge in [0.05, 0.1) is 12.2 Å². The van der Waals surface area contributed by atoms with Crippen LogP contribution in [0.2, 0.25) is 0 Å². The van der Waals surface area contributed by atoms with Gasteiger partial charge in [0.15, 0.2) is 0 Å². The van der Waals surface area contributed by atoms with Gasteiger partial charge in [-0.1, -0.05) is 12.1 Å². The van der Waals surface area contributed by atoms with E-state index in [1.807, 2.05) is 36.4 Å². The lowest BCUT2D eigenvalue weighted by atomic mass is 10.3. The number of hydrogen-bond donors (Lipinski definition) is 1. The maximum Gasteiger partial charge on any atom is 0.126 e. The molecule has 0 unspecified atom stereocenters. The number of pyridine rings is 2. The fourth-order valence-electron chi connectivity index (χ4n) is 1.58. The molecule has 0 fully saturated rings. The monoisotopic (exact) mass is 242 g/mol. The molecule has 4 heteroatoms. The Morgan fingerprint density at radius 2 is 2.00 bits per heavy atom. The maximum atomic E-state index is 4.79. The largest absolute Gasteiger partial charge is 0.555 e. The van der Waals surface area contributed by atoms with E-state index in [1.54, 1.807) is 6.20 Å². The SMILES string of the molecule is [CH2-]OCCc1cccc(NCc2ccccn2)n1. The third-order valence-electron chi connectivity index (χ3n) is 2.49. The zero-order valence-electron chi connectivity index (χ0n) is 10.2. The number of rotatable bonds is 6. The van der Waals surface area contributed by atoms with Gasteiger partial charge < -0.3 is 10.1 Å². The van der Waals surface area contributed by atoms with Crippen LogP contribution >= 0.6 is 0 Å². The molecule has 18 heavy (non-hydrogen) atoms. The Bertz CT molecular complexity index is 473. The Hall–Kier alpha value is -1.94. The van der Waals surface area contributed by atoms with E-state index in [1.165, 1.54) is 0 Å². The van der Waals surface area contributed by atoms with Crippen molar-refractivity contribution in [1.29, 1.82) is 0 Å². The summed E-state index contributed by atoms with van der Waals surface area (Å²) in [5.41, 5.74) is 1.98. The van der Waals surface area contributed by atoms with E-state index >= 15 is 0 Å². The molecule has 94 valence electrons. The quantitative estimate of drug-likeness (QED) is 0.790. The fourth-order valence-corrected chi connectivity index (χ4v) is 1.58. The number of aromatic nitrogens is 2. The molecular weight excluding hydrogens is 226 g/mol. The Morgan fingerprint density at radius 1 is 1.11 bits per heavy atom. The van der Waals surface area contributed by atoms with E-state index in [0.717, 1.165) is 23.6 Å². The first-order valence-electron chi connectivity index (χ1n) is 5.85. The van der Waals surface area contributed by atoms with Crippen LogP contribution in [-0.2, 0) is 17.7 Å². The highest BCUT2D eigenvalue weighted by molar-refractivity contribution is 5.35. The summed E-state index contributed by atoms with van der Waals surface area (Å²) in [4.78, 5) is 8.73. The van der Waals surface area contributed by atoms with Crippen molar-refractivity contribution >= 4 is 5.82 Å². The second-order valence-electron chi connectivity index (χ2n) is 3.85. The highest BCUT2D eigenvalue weighted by Gasteiger charge is 1.98.